The molecule has 0 bridgehead atoms. The van der Waals surface area contributed by atoms with Gasteiger partial charge in [-0.1, -0.05) is 0 Å². The molecule has 0 aliphatic carbocycles. The van der Waals surface area contributed by atoms with Crippen molar-refractivity contribution < 1.29 is 18.8 Å². The summed E-state index contributed by atoms with van der Waals surface area (Å²) in [5.41, 5.74) is 4.93. The van der Waals surface area contributed by atoms with Crippen LogP contribution in [0.2, 0.25) is 0 Å². The van der Waals surface area contributed by atoms with Crippen molar-refractivity contribution in [1.29, 1.82) is 0 Å². The quantitative estimate of drug-likeness (QED) is 0.573. The van der Waals surface area contributed by atoms with Crippen molar-refractivity contribution in [3.8, 4) is 0 Å². The second kappa shape index (κ2) is 8.98. The number of amides is 3. The number of likely N-dealkylation sites (tertiary alicyclic amines) is 1. The van der Waals surface area contributed by atoms with Crippen molar-refractivity contribution in [2.45, 2.75) is 45.8 Å². The van der Waals surface area contributed by atoms with E-state index in [-0.39, 0.29) is 36.5 Å². The second-order valence-corrected chi connectivity index (χ2v) is 9.09. The number of nitrogens with zero attached hydrogens (tertiary/aromatic N) is 3. The molecule has 5 rings (SSSR count). The first kappa shape index (κ1) is 22.8. The van der Waals surface area contributed by atoms with Crippen molar-refractivity contribution in [1.82, 2.24) is 20.2 Å². The summed E-state index contributed by atoms with van der Waals surface area (Å²) in [6, 6.07) is 7.49. The Morgan fingerprint density at radius 1 is 1.17 bits per heavy atom. The summed E-state index contributed by atoms with van der Waals surface area (Å²) in [6.07, 6.45) is 4.08. The van der Waals surface area contributed by atoms with E-state index in [4.69, 9.17) is 0 Å². The second-order valence-electron chi connectivity index (χ2n) is 9.09. The highest BCUT2D eigenvalue weighted by Gasteiger charge is 2.34. The zero-order chi connectivity index (χ0) is 24.7. The van der Waals surface area contributed by atoms with E-state index >= 15 is 0 Å². The number of carbonyl (C=O) groups excluding carboxylic acids is 3. The third-order valence-electron chi connectivity index (χ3n) is 6.78. The minimum absolute atomic E-state index is 0.104. The summed E-state index contributed by atoms with van der Waals surface area (Å²) in [6.45, 7) is 4.92. The molecule has 35 heavy (non-hydrogen) atoms. The van der Waals surface area contributed by atoms with Crippen molar-refractivity contribution >= 4 is 23.4 Å². The number of nitrogens with one attached hydrogen (secondary N) is 2. The van der Waals surface area contributed by atoms with Gasteiger partial charge in [-0.3, -0.25) is 19.4 Å². The Hall–Kier alpha value is -4.01. The van der Waals surface area contributed by atoms with Crippen LogP contribution >= 0.6 is 0 Å². The predicted octanol–water partition coefficient (Wildman–Crippen LogP) is 2.79. The maximum absolute atomic E-state index is 13.6. The maximum Gasteiger partial charge on any atom is 0.254 e. The lowest BCUT2D eigenvalue weighted by Gasteiger charge is -2.18. The Kier molecular flexibility index (Phi) is 5.84. The Labute approximate surface area is 202 Å². The first-order valence-electron chi connectivity index (χ1n) is 11.6. The van der Waals surface area contributed by atoms with Gasteiger partial charge in [-0.2, -0.15) is 0 Å². The molecular formula is C26H26FN5O3. The van der Waals surface area contributed by atoms with E-state index in [2.05, 4.69) is 15.3 Å². The van der Waals surface area contributed by atoms with E-state index < -0.39 is 6.04 Å². The molecule has 2 aromatic heterocycles. The molecule has 2 N–H and O–H groups in total. The van der Waals surface area contributed by atoms with Crippen LogP contribution in [0.25, 0.3) is 0 Å². The fourth-order valence-corrected chi connectivity index (χ4v) is 4.97. The number of halogens is 1. The molecule has 3 aromatic rings. The van der Waals surface area contributed by atoms with Crippen molar-refractivity contribution in [3.63, 3.8) is 0 Å². The Balaban J connectivity index is 1.28. The standard InChI is InChI=1S/C26H26FN5O3/c1-15-21(14-32-22-4-3-19(27)11-18(22)12-23(32)33)29-16(2)24(15)25(34)30-20-7-10-31(26(20)35)13-17-5-8-28-9-6-17/h3-6,8-9,11,20,29H,7,10,12-14H2,1-2H3,(H,30,34)/t20-/m0/s1. The first-order valence-corrected chi connectivity index (χ1v) is 11.6. The highest BCUT2D eigenvalue weighted by molar-refractivity contribution is 6.02. The lowest BCUT2D eigenvalue weighted by Crippen LogP contribution is -2.41. The predicted molar refractivity (Wildman–Crippen MR) is 127 cm³/mol. The van der Waals surface area contributed by atoms with Crippen molar-refractivity contribution in [2.75, 3.05) is 11.4 Å². The SMILES string of the molecule is Cc1[nH]c(CN2C(=O)Cc3cc(F)ccc32)c(C)c1C(=O)N[C@H]1CCN(Cc2ccncc2)C1=O. The normalized spacial score (nSPS) is 17.3. The summed E-state index contributed by atoms with van der Waals surface area (Å²) in [5.74, 6) is -0.909. The van der Waals surface area contributed by atoms with Gasteiger partial charge in [0, 0.05) is 42.6 Å². The van der Waals surface area contributed by atoms with Crippen LogP contribution in [0.3, 0.4) is 0 Å². The van der Waals surface area contributed by atoms with E-state index in [9.17, 15) is 18.8 Å². The molecule has 1 atom stereocenters. The largest absolute Gasteiger partial charge is 0.360 e. The summed E-state index contributed by atoms with van der Waals surface area (Å²) < 4.78 is 13.6. The molecule has 3 amide bonds. The number of H-pyrrole nitrogens is 1. The van der Waals surface area contributed by atoms with Crippen LogP contribution in [0, 0.1) is 19.7 Å². The van der Waals surface area contributed by atoms with Crippen LogP contribution < -0.4 is 10.2 Å². The number of aryl methyl sites for hydroxylation is 1. The molecule has 2 aliphatic rings. The number of aromatic amines is 1. The Bertz CT molecular complexity index is 1320. The third kappa shape index (κ3) is 4.29. The number of aromatic nitrogens is 2. The van der Waals surface area contributed by atoms with E-state index in [1.165, 1.54) is 12.1 Å². The smallest absolute Gasteiger partial charge is 0.254 e. The molecule has 0 radical (unpaired) electrons. The van der Waals surface area contributed by atoms with Crippen LogP contribution in [0.1, 0.15) is 44.9 Å². The minimum atomic E-state index is -0.580. The molecule has 2 aliphatic heterocycles. The maximum atomic E-state index is 13.6. The number of rotatable bonds is 6. The molecule has 9 heteroatoms. The first-order chi connectivity index (χ1) is 16.8. The Morgan fingerprint density at radius 2 is 1.94 bits per heavy atom. The molecule has 1 fully saturated rings. The monoisotopic (exact) mass is 475 g/mol. The van der Waals surface area contributed by atoms with E-state index in [1.54, 1.807) is 35.2 Å². The lowest BCUT2D eigenvalue weighted by atomic mass is 10.1. The lowest BCUT2D eigenvalue weighted by molar-refractivity contribution is -0.129. The minimum Gasteiger partial charge on any atom is -0.360 e. The molecular weight excluding hydrogens is 449 g/mol. The van der Waals surface area contributed by atoms with Gasteiger partial charge in [0.05, 0.1) is 18.5 Å². The fraction of sp³-hybridized carbons (Fsp3) is 0.308. The average Bonchev–Trinajstić information content (AvgIpc) is 3.42. The molecule has 0 unspecified atom stereocenters. The molecule has 1 saturated heterocycles. The molecule has 8 nitrogen and oxygen atoms in total. The fourth-order valence-electron chi connectivity index (χ4n) is 4.97. The molecule has 0 saturated carbocycles. The number of anilines is 1. The van der Waals surface area contributed by atoms with Gasteiger partial charge in [0.1, 0.15) is 11.9 Å². The molecule has 4 heterocycles. The van der Waals surface area contributed by atoms with Crippen molar-refractivity contribution in [3.05, 3.63) is 82.2 Å². The Morgan fingerprint density at radius 3 is 2.71 bits per heavy atom. The van der Waals surface area contributed by atoms with E-state index in [0.29, 0.717) is 42.0 Å². The van der Waals surface area contributed by atoms with E-state index in [0.717, 1.165) is 16.8 Å². The van der Waals surface area contributed by atoms with Crippen LogP contribution in [-0.4, -0.2) is 45.2 Å². The van der Waals surface area contributed by atoms with Crippen LogP contribution in [0.5, 0.6) is 0 Å². The van der Waals surface area contributed by atoms with Gasteiger partial charge >= 0.3 is 0 Å². The summed E-state index contributed by atoms with van der Waals surface area (Å²) in [5, 5.41) is 2.90. The zero-order valence-electron chi connectivity index (χ0n) is 19.6. The zero-order valence-corrected chi connectivity index (χ0v) is 19.6. The van der Waals surface area contributed by atoms with Gasteiger partial charge in [0.15, 0.2) is 0 Å². The van der Waals surface area contributed by atoms with Gasteiger partial charge in [0.2, 0.25) is 11.8 Å². The van der Waals surface area contributed by atoms with Crippen molar-refractivity contribution in [2.24, 2.45) is 0 Å². The average molecular weight is 476 g/mol. The summed E-state index contributed by atoms with van der Waals surface area (Å²) >= 11 is 0. The van der Waals surface area contributed by atoms with Gasteiger partial charge in [-0.05, 0) is 67.3 Å². The highest BCUT2D eigenvalue weighted by atomic mass is 19.1. The number of benzene rings is 1. The van der Waals surface area contributed by atoms with Gasteiger partial charge in [0.25, 0.3) is 5.91 Å². The third-order valence-corrected chi connectivity index (χ3v) is 6.78. The molecule has 1 aromatic carbocycles. The number of pyridine rings is 1. The van der Waals surface area contributed by atoms with Gasteiger partial charge in [-0.15, -0.1) is 0 Å². The molecule has 180 valence electrons. The summed E-state index contributed by atoms with van der Waals surface area (Å²) in [7, 11) is 0. The number of carbonyl (C=O) groups is 3. The number of hydrogen-bond acceptors (Lipinski definition) is 4. The molecule has 0 spiro atoms. The number of fused-ring (bicyclic) bond motifs is 1. The van der Waals surface area contributed by atoms with Crippen LogP contribution in [0.4, 0.5) is 10.1 Å². The highest BCUT2D eigenvalue weighted by Crippen LogP contribution is 2.32. The van der Waals surface area contributed by atoms with E-state index in [1.807, 2.05) is 19.1 Å². The van der Waals surface area contributed by atoms with Crippen LogP contribution in [0.15, 0.2) is 42.7 Å². The topological polar surface area (TPSA) is 98.4 Å². The summed E-state index contributed by atoms with van der Waals surface area (Å²) in [4.78, 5) is 49.2. The van der Waals surface area contributed by atoms with Crippen LogP contribution in [-0.2, 0) is 29.1 Å². The number of hydrogen-bond donors (Lipinski definition) is 2. The van der Waals surface area contributed by atoms with Gasteiger partial charge in [-0.25, -0.2) is 4.39 Å². The van der Waals surface area contributed by atoms with Gasteiger partial charge < -0.3 is 20.1 Å².